The molecule has 1 aliphatic heterocycles. The Bertz CT molecular complexity index is 1890. The zero-order chi connectivity index (χ0) is 24.6. The van der Waals surface area contributed by atoms with Gasteiger partial charge in [-0.15, -0.1) is 5.10 Å². The van der Waals surface area contributed by atoms with Gasteiger partial charge in [0.05, 0.1) is 22.4 Å². The molecule has 0 saturated carbocycles. The molecule has 0 spiro atoms. The van der Waals surface area contributed by atoms with E-state index in [4.69, 9.17) is 41.8 Å². The predicted molar refractivity (Wildman–Crippen MR) is 136 cm³/mol. The topological polar surface area (TPSA) is 95.7 Å². The van der Waals surface area contributed by atoms with Crippen molar-refractivity contribution < 1.29 is 13.6 Å². The lowest BCUT2D eigenvalue weighted by Gasteiger charge is -2.28. The zero-order valence-electron chi connectivity index (χ0n) is 17.9. The van der Waals surface area contributed by atoms with Crippen LogP contribution >= 0.6 is 39.1 Å². The molecule has 0 radical (unpaired) electrons. The number of fused-ring (bicyclic) bond motifs is 6. The second-order valence-corrected chi connectivity index (χ2v) is 9.67. The van der Waals surface area contributed by atoms with Crippen molar-refractivity contribution in [1.82, 2.24) is 19.6 Å². The molecule has 4 aromatic heterocycles. The van der Waals surface area contributed by atoms with Crippen molar-refractivity contribution in [2.24, 2.45) is 0 Å². The minimum atomic E-state index is -0.789. The highest BCUT2D eigenvalue weighted by molar-refractivity contribution is 9.10. The van der Waals surface area contributed by atoms with Crippen LogP contribution in [0.25, 0.3) is 28.2 Å². The molecule has 1 aliphatic rings. The Morgan fingerprint density at radius 3 is 2.50 bits per heavy atom. The predicted octanol–water partition coefficient (Wildman–Crippen LogP) is 6.85. The Morgan fingerprint density at radius 1 is 0.917 bits per heavy atom. The zero-order valence-corrected chi connectivity index (χ0v) is 21.0. The number of ether oxygens (including phenoxy) is 1. The summed E-state index contributed by atoms with van der Waals surface area (Å²) in [5, 5.41) is 5.87. The molecule has 8 nitrogen and oxygen atoms in total. The van der Waals surface area contributed by atoms with Gasteiger partial charge in [-0.2, -0.15) is 0 Å². The largest absolute Gasteiger partial charge is 0.446 e. The third-order valence-corrected chi connectivity index (χ3v) is 7.13. The fourth-order valence-electron chi connectivity index (χ4n) is 4.54. The van der Waals surface area contributed by atoms with E-state index in [9.17, 15) is 4.79 Å². The van der Waals surface area contributed by atoms with Crippen LogP contribution in [0.1, 0.15) is 22.6 Å². The lowest BCUT2D eigenvalue weighted by Crippen LogP contribution is -2.22. The average molecular weight is 582 g/mol. The van der Waals surface area contributed by atoms with Crippen LogP contribution in [0.2, 0.25) is 10.0 Å². The summed E-state index contributed by atoms with van der Waals surface area (Å²) >= 11 is 16.7. The van der Waals surface area contributed by atoms with Crippen LogP contribution in [0.3, 0.4) is 0 Å². The highest BCUT2D eigenvalue weighted by Crippen LogP contribution is 2.51. The summed E-state index contributed by atoms with van der Waals surface area (Å²) in [6.45, 7) is 0. The molecular formula is C25H11BrCl2N4O4. The van der Waals surface area contributed by atoms with E-state index in [0.717, 1.165) is 0 Å². The van der Waals surface area contributed by atoms with Crippen LogP contribution in [-0.4, -0.2) is 19.6 Å². The molecule has 0 aliphatic carbocycles. The van der Waals surface area contributed by atoms with Crippen molar-refractivity contribution in [2.75, 3.05) is 0 Å². The molecule has 176 valence electrons. The lowest BCUT2D eigenvalue weighted by atomic mass is 9.84. The third-order valence-electron chi connectivity index (χ3n) is 6.04. The number of nitrogens with zero attached hydrogens (tertiary/aromatic N) is 4. The number of halogens is 3. The summed E-state index contributed by atoms with van der Waals surface area (Å²) in [6, 6.07) is 15.8. The molecule has 0 fully saturated rings. The van der Waals surface area contributed by atoms with Crippen LogP contribution in [0.4, 0.5) is 0 Å². The fraction of sp³-hybridized carbons (Fsp3) is 0.0400. The number of hydrogen-bond acceptors (Lipinski definition) is 7. The van der Waals surface area contributed by atoms with Crippen LogP contribution in [0, 0.1) is 0 Å². The minimum Gasteiger partial charge on any atom is -0.446 e. The first-order valence-corrected chi connectivity index (χ1v) is 12.2. The molecule has 36 heavy (non-hydrogen) atoms. The minimum absolute atomic E-state index is 0.247. The van der Waals surface area contributed by atoms with E-state index in [2.05, 4.69) is 26.0 Å². The fourth-order valence-corrected chi connectivity index (χ4v) is 5.47. The summed E-state index contributed by atoms with van der Waals surface area (Å²) in [7, 11) is 0. The maximum absolute atomic E-state index is 13.4. The van der Waals surface area contributed by atoms with E-state index in [0.29, 0.717) is 59.8 Å². The van der Waals surface area contributed by atoms with E-state index >= 15 is 0 Å². The number of aromatic nitrogens is 4. The number of para-hydroxylation sites is 1. The van der Waals surface area contributed by atoms with E-state index in [1.165, 1.54) is 10.8 Å². The smallest absolute Gasteiger partial charge is 0.344 e. The third kappa shape index (κ3) is 3.13. The Morgan fingerprint density at radius 2 is 1.72 bits per heavy atom. The number of benzene rings is 2. The van der Waals surface area contributed by atoms with Crippen LogP contribution < -0.4 is 10.4 Å². The maximum atomic E-state index is 13.4. The van der Waals surface area contributed by atoms with Crippen LogP contribution in [0.15, 0.2) is 79.2 Å². The summed E-state index contributed by atoms with van der Waals surface area (Å²) < 4.78 is 19.6. The van der Waals surface area contributed by atoms with Crippen molar-refractivity contribution in [2.45, 2.75) is 5.92 Å². The highest BCUT2D eigenvalue weighted by Gasteiger charge is 2.39. The van der Waals surface area contributed by atoms with Gasteiger partial charge in [-0.05, 0) is 52.3 Å². The SMILES string of the molecule is O=c1oc2ccccc2c2c1C(c1c(Cl)cccc1Cl)c1c(ncn3nc(-c4ccc(Br)o4)nc13)O2. The monoisotopic (exact) mass is 580 g/mol. The summed E-state index contributed by atoms with van der Waals surface area (Å²) in [5.41, 5.74) is 1.45. The normalized spacial score (nSPS) is 14.6. The number of rotatable bonds is 2. The highest BCUT2D eigenvalue weighted by atomic mass is 79.9. The van der Waals surface area contributed by atoms with Gasteiger partial charge in [-0.3, -0.25) is 0 Å². The van der Waals surface area contributed by atoms with Gasteiger partial charge < -0.3 is 13.6 Å². The van der Waals surface area contributed by atoms with E-state index in [-0.39, 0.29) is 11.4 Å². The van der Waals surface area contributed by atoms with E-state index in [1.54, 1.807) is 42.5 Å². The number of hydrogen-bond donors (Lipinski definition) is 0. The average Bonchev–Trinajstić information content (AvgIpc) is 3.49. The van der Waals surface area contributed by atoms with Crippen molar-refractivity contribution in [3.8, 4) is 23.2 Å². The summed E-state index contributed by atoms with van der Waals surface area (Å²) in [4.78, 5) is 22.7. The maximum Gasteiger partial charge on any atom is 0.344 e. The van der Waals surface area contributed by atoms with Gasteiger partial charge >= 0.3 is 5.63 Å². The van der Waals surface area contributed by atoms with Gasteiger partial charge in [-0.1, -0.05) is 41.4 Å². The molecule has 2 aromatic carbocycles. The Labute approximate surface area is 220 Å². The van der Waals surface area contributed by atoms with Gasteiger partial charge in [0, 0.05) is 15.6 Å². The molecule has 6 aromatic rings. The molecular weight excluding hydrogens is 571 g/mol. The van der Waals surface area contributed by atoms with Gasteiger partial charge in [0.2, 0.25) is 11.7 Å². The molecule has 0 amide bonds. The van der Waals surface area contributed by atoms with Crippen molar-refractivity contribution in [3.63, 3.8) is 0 Å². The standard InChI is InChI=1S/C25H11BrCl2N4O4/c26-16-9-8-15(34-16)22-30-23-20-18(17-12(27)5-3-6-13(17)28)19-21(36-24(20)29-10-32(23)31-22)11-4-1-2-7-14(11)35-25(19)33/h1-10,18H. The molecule has 7 rings (SSSR count). The van der Waals surface area contributed by atoms with Crippen molar-refractivity contribution in [3.05, 3.63) is 103 Å². The van der Waals surface area contributed by atoms with Gasteiger partial charge in [0.15, 0.2) is 21.8 Å². The van der Waals surface area contributed by atoms with Gasteiger partial charge in [-0.25, -0.2) is 19.3 Å². The second kappa shape index (κ2) is 7.92. The van der Waals surface area contributed by atoms with Crippen molar-refractivity contribution >= 4 is 55.7 Å². The first-order chi connectivity index (χ1) is 17.5. The van der Waals surface area contributed by atoms with Crippen LogP contribution in [-0.2, 0) is 0 Å². The van der Waals surface area contributed by atoms with Crippen LogP contribution in [0.5, 0.6) is 11.6 Å². The van der Waals surface area contributed by atoms with E-state index in [1.807, 2.05) is 12.1 Å². The van der Waals surface area contributed by atoms with Gasteiger partial charge in [0.25, 0.3) is 0 Å². The Hall–Kier alpha value is -3.66. The Kier molecular flexibility index (Phi) is 4.76. The molecule has 0 N–H and O–H groups in total. The molecule has 1 unspecified atom stereocenters. The Balaban J connectivity index is 1.59. The first kappa shape index (κ1) is 21.6. The first-order valence-electron chi connectivity index (χ1n) is 10.7. The molecule has 0 saturated heterocycles. The molecule has 11 heteroatoms. The number of furan rings is 1. The summed E-state index contributed by atoms with van der Waals surface area (Å²) in [6.07, 6.45) is 1.49. The molecule has 1 atom stereocenters. The summed E-state index contributed by atoms with van der Waals surface area (Å²) in [5.74, 6) is 0.584. The van der Waals surface area contributed by atoms with Gasteiger partial charge in [0.1, 0.15) is 11.9 Å². The molecule has 0 bridgehead atoms. The van der Waals surface area contributed by atoms with Crippen molar-refractivity contribution in [1.29, 1.82) is 0 Å². The lowest BCUT2D eigenvalue weighted by molar-refractivity contribution is 0.422. The second-order valence-electron chi connectivity index (χ2n) is 8.07. The quantitative estimate of drug-likeness (QED) is 0.206. The molecule has 5 heterocycles. The van der Waals surface area contributed by atoms with E-state index < -0.39 is 11.5 Å².